The molecule has 1 amide bonds. The topological polar surface area (TPSA) is 46.3 Å². The first-order chi connectivity index (χ1) is 4.25. The molecule has 1 unspecified atom stereocenters. The van der Waals surface area contributed by atoms with Crippen LogP contribution in [0.25, 0.3) is 0 Å². The summed E-state index contributed by atoms with van der Waals surface area (Å²) in [6.07, 6.45) is 1.62. The normalized spacial score (nSPS) is 24.8. The molecule has 1 aliphatic rings. The van der Waals surface area contributed by atoms with E-state index in [0.717, 1.165) is 6.42 Å². The van der Waals surface area contributed by atoms with Gasteiger partial charge in [0, 0.05) is 26.1 Å². The van der Waals surface area contributed by atoms with Gasteiger partial charge >= 0.3 is 0 Å². The highest BCUT2D eigenvalue weighted by Crippen LogP contribution is 2.14. The number of carbonyl (C=O) groups excluding carboxylic acids is 1. The minimum atomic E-state index is 0. The fourth-order valence-electron chi connectivity index (χ4n) is 1.14. The van der Waals surface area contributed by atoms with Crippen molar-refractivity contribution in [3.8, 4) is 0 Å². The Bertz CT molecular complexity index is 129. The van der Waals surface area contributed by atoms with E-state index < -0.39 is 0 Å². The first-order valence-corrected chi connectivity index (χ1v) is 3.21. The molecule has 1 atom stereocenters. The van der Waals surface area contributed by atoms with Crippen molar-refractivity contribution in [2.75, 3.05) is 13.6 Å². The molecule has 1 fully saturated rings. The zero-order chi connectivity index (χ0) is 6.85. The van der Waals surface area contributed by atoms with Crippen molar-refractivity contribution in [3.05, 3.63) is 0 Å². The summed E-state index contributed by atoms with van der Waals surface area (Å²) in [6.45, 7) is 0.599. The van der Waals surface area contributed by atoms with Crippen molar-refractivity contribution in [2.24, 2.45) is 5.73 Å². The van der Waals surface area contributed by atoms with Gasteiger partial charge in [-0.1, -0.05) is 0 Å². The number of nitrogens with zero attached hydrogens (tertiary/aromatic N) is 1. The summed E-state index contributed by atoms with van der Waals surface area (Å²) in [5, 5.41) is 0. The van der Waals surface area contributed by atoms with Gasteiger partial charge in [-0.2, -0.15) is 0 Å². The van der Waals surface area contributed by atoms with Gasteiger partial charge in [0.25, 0.3) is 0 Å². The lowest BCUT2D eigenvalue weighted by Crippen LogP contribution is -2.34. The van der Waals surface area contributed by atoms with Crippen LogP contribution in [0.1, 0.15) is 12.8 Å². The number of nitrogens with two attached hydrogens (primary N) is 1. The van der Waals surface area contributed by atoms with Gasteiger partial charge in [-0.3, -0.25) is 4.79 Å². The summed E-state index contributed by atoms with van der Waals surface area (Å²) in [7, 11) is 1.81. The molecule has 0 saturated carbocycles. The van der Waals surface area contributed by atoms with E-state index in [9.17, 15) is 4.79 Å². The third-order valence-electron chi connectivity index (χ3n) is 1.90. The molecule has 4 heteroatoms. The largest absolute Gasteiger partial charge is 0.341 e. The summed E-state index contributed by atoms with van der Waals surface area (Å²) in [5.74, 6) is 0.227. The summed E-state index contributed by atoms with van der Waals surface area (Å²) in [5.41, 5.74) is 5.39. The molecule has 1 aliphatic heterocycles. The Kier molecular flexibility index (Phi) is 3.68. The van der Waals surface area contributed by atoms with E-state index in [0.29, 0.717) is 19.0 Å². The number of likely N-dealkylation sites (N-methyl/N-ethyl adjacent to an activating group) is 1. The number of amides is 1. The second-order valence-corrected chi connectivity index (χ2v) is 2.43. The lowest BCUT2D eigenvalue weighted by Gasteiger charge is -2.16. The highest BCUT2D eigenvalue weighted by Gasteiger charge is 2.25. The monoisotopic (exact) mass is 164 g/mol. The van der Waals surface area contributed by atoms with Gasteiger partial charge in [-0.15, -0.1) is 12.4 Å². The van der Waals surface area contributed by atoms with E-state index in [-0.39, 0.29) is 18.3 Å². The maximum Gasteiger partial charge on any atom is 0.222 e. The van der Waals surface area contributed by atoms with Crippen LogP contribution in [0, 0.1) is 0 Å². The predicted molar refractivity (Wildman–Crippen MR) is 42.1 cm³/mol. The molecule has 2 N–H and O–H groups in total. The fourth-order valence-corrected chi connectivity index (χ4v) is 1.14. The van der Waals surface area contributed by atoms with Crippen molar-refractivity contribution in [1.29, 1.82) is 0 Å². The van der Waals surface area contributed by atoms with Crippen LogP contribution in [0.2, 0.25) is 0 Å². The molecule has 1 rings (SSSR count). The van der Waals surface area contributed by atoms with Gasteiger partial charge in [-0.05, 0) is 6.42 Å². The van der Waals surface area contributed by atoms with Crippen molar-refractivity contribution in [2.45, 2.75) is 18.9 Å². The Morgan fingerprint density at radius 3 is 2.60 bits per heavy atom. The lowest BCUT2D eigenvalue weighted by atomic mass is 10.2. The number of hydrogen-bond acceptors (Lipinski definition) is 2. The third-order valence-corrected chi connectivity index (χ3v) is 1.90. The van der Waals surface area contributed by atoms with Gasteiger partial charge in [0.1, 0.15) is 0 Å². The van der Waals surface area contributed by atoms with E-state index in [1.165, 1.54) is 0 Å². The van der Waals surface area contributed by atoms with Crippen LogP contribution >= 0.6 is 12.4 Å². The quantitative estimate of drug-likeness (QED) is 0.593. The standard InChI is InChI=1S/C6H12N2O.ClH/c1-8-5(4-7)2-3-6(8)9;/h5H,2-4,7H2,1H3;1H. The zero-order valence-corrected chi connectivity index (χ0v) is 6.86. The van der Waals surface area contributed by atoms with Gasteiger partial charge < -0.3 is 10.6 Å². The second kappa shape index (κ2) is 3.78. The van der Waals surface area contributed by atoms with E-state index in [1.807, 2.05) is 7.05 Å². The van der Waals surface area contributed by atoms with Gasteiger partial charge in [-0.25, -0.2) is 0 Å². The third kappa shape index (κ3) is 1.61. The molecule has 0 radical (unpaired) electrons. The van der Waals surface area contributed by atoms with Gasteiger partial charge in [0.2, 0.25) is 5.91 Å². The maximum atomic E-state index is 10.8. The summed E-state index contributed by atoms with van der Waals surface area (Å²) < 4.78 is 0. The highest BCUT2D eigenvalue weighted by atomic mass is 35.5. The second-order valence-electron chi connectivity index (χ2n) is 2.43. The average Bonchev–Trinajstić information content (AvgIpc) is 2.15. The smallest absolute Gasteiger partial charge is 0.222 e. The van der Waals surface area contributed by atoms with Crippen molar-refractivity contribution in [1.82, 2.24) is 4.90 Å². The number of halogens is 1. The summed E-state index contributed by atoms with van der Waals surface area (Å²) >= 11 is 0. The maximum absolute atomic E-state index is 10.8. The molecular formula is C6H13ClN2O. The highest BCUT2D eigenvalue weighted by molar-refractivity contribution is 5.85. The molecular weight excluding hydrogens is 152 g/mol. The SMILES string of the molecule is CN1C(=O)CCC1CN.Cl. The molecule has 0 aromatic carbocycles. The van der Waals surface area contributed by atoms with Crippen LogP contribution in [0.3, 0.4) is 0 Å². The van der Waals surface area contributed by atoms with Gasteiger partial charge in [0.15, 0.2) is 0 Å². The minimum absolute atomic E-state index is 0. The molecule has 0 spiro atoms. The van der Waals surface area contributed by atoms with E-state index in [1.54, 1.807) is 4.90 Å². The van der Waals surface area contributed by atoms with Crippen LogP contribution in [-0.2, 0) is 4.79 Å². The Hall–Kier alpha value is -0.280. The van der Waals surface area contributed by atoms with E-state index in [2.05, 4.69) is 0 Å². The summed E-state index contributed by atoms with van der Waals surface area (Å²) in [4.78, 5) is 12.5. The first-order valence-electron chi connectivity index (χ1n) is 3.21. The van der Waals surface area contributed by atoms with Crippen molar-refractivity contribution in [3.63, 3.8) is 0 Å². The number of hydrogen-bond donors (Lipinski definition) is 1. The molecule has 1 heterocycles. The van der Waals surface area contributed by atoms with Crippen LogP contribution in [0.4, 0.5) is 0 Å². The zero-order valence-electron chi connectivity index (χ0n) is 6.04. The molecule has 1 saturated heterocycles. The fraction of sp³-hybridized carbons (Fsp3) is 0.833. The van der Waals surface area contributed by atoms with Crippen LogP contribution in [-0.4, -0.2) is 30.4 Å². The molecule has 0 bridgehead atoms. The number of carbonyl (C=O) groups is 1. The Morgan fingerprint density at radius 1 is 1.80 bits per heavy atom. The van der Waals surface area contributed by atoms with Crippen molar-refractivity contribution >= 4 is 18.3 Å². The Morgan fingerprint density at radius 2 is 2.40 bits per heavy atom. The molecule has 0 aliphatic carbocycles. The van der Waals surface area contributed by atoms with Crippen molar-refractivity contribution < 1.29 is 4.79 Å². The van der Waals surface area contributed by atoms with Crippen LogP contribution in [0.15, 0.2) is 0 Å². The first kappa shape index (κ1) is 9.72. The molecule has 0 aromatic rings. The minimum Gasteiger partial charge on any atom is -0.341 e. The molecule has 0 aromatic heterocycles. The van der Waals surface area contributed by atoms with Crippen LogP contribution < -0.4 is 5.73 Å². The Labute approximate surface area is 67.0 Å². The number of likely N-dealkylation sites (tertiary alicyclic amines) is 1. The lowest BCUT2D eigenvalue weighted by molar-refractivity contribution is -0.127. The van der Waals surface area contributed by atoms with E-state index >= 15 is 0 Å². The molecule has 10 heavy (non-hydrogen) atoms. The Balaban J connectivity index is 0.000000810. The van der Waals surface area contributed by atoms with E-state index in [4.69, 9.17) is 5.73 Å². The average molecular weight is 165 g/mol. The molecule has 60 valence electrons. The summed E-state index contributed by atoms with van der Waals surface area (Å²) in [6, 6.07) is 0.303. The van der Waals surface area contributed by atoms with Crippen LogP contribution in [0.5, 0.6) is 0 Å². The van der Waals surface area contributed by atoms with Gasteiger partial charge in [0.05, 0.1) is 0 Å². The number of rotatable bonds is 1. The molecule has 3 nitrogen and oxygen atoms in total. The predicted octanol–water partition coefficient (Wildman–Crippen LogP) is -0.0123.